The molecule has 1 aromatic rings. The Bertz CT molecular complexity index is 296. The van der Waals surface area contributed by atoms with E-state index in [1.807, 2.05) is 12.1 Å². The molecule has 4 nitrogen and oxygen atoms in total. The zero-order valence-electron chi connectivity index (χ0n) is 10.5. The van der Waals surface area contributed by atoms with E-state index >= 15 is 0 Å². The zero-order chi connectivity index (χ0) is 12.0. The van der Waals surface area contributed by atoms with Crippen molar-refractivity contribution in [3.05, 3.63) is 24.0 Å². The molecule has 0 aliphatic carbocycles. The Morgan fingerprint density at radius 2 is 1.88 bits per heavy atom. The van der Waals surface area contributed by atoms with Crippen molar-refractivity contribution in [2.45, 2.75) is 13.5 Å². The first-order valence-corrected chi connectivity index (χ1v) is 5.69. The molecule has 0 fully saturated rings. The molecule has 0 spiro atoms. The molecule has 0 aliphatic rings. The van der Waals surface area contributed by atoms with Crippen molar-refractivity contribution in [3.8, 4) is 0 Å². The van der Waals surface area contributed by atoms with Crippen LogP contribution in [0.4, 0.5) is 5.69 Å². The summed E-state index contributed by atoms with van der Waals surface area (Å²) in [6.45, 7) is 6.27. The van der Waals surface area contributed by atoms with Gasteiger partial charge in [0.25, 0.3) is 0 Å². The number of hydrogen-bond donors (Lipinski definition) is 1. The van der Waals surface area contributed by atoms with E-state index in [1.54, 1.807) is 6.20 Å². The van der Waals surface area contributed by atoms with Crippen LogP contribution in [-0.2, 0) is 6.54 Å². The summed E-state index contributed by atoms with van der Waals surface area (Å²) < 4.78 is 0. The Morgan fingerprint density at radius 3 is 2.44 bits per heavy atom. The van der Waals surface area contributed by atoms with Gasteiger partial charge in [0.15, 0.2) is 0 Å². The van der Waals surface area contributed by atoms with E-state index in [4.69, 9.17) is 5.73 Å². The Kier molecular flexibility index (Phi) is 5.22. The summed E-state index contributed by atoms with van der Waals surface area (Å²) in [5, 5.41) is 0. The number of aromatic nitrogens is 1. The Labute approximate surface area is 98.1 Å². The molecule has 1 heterocycles. The van der Waals surface area contributed by atoms with E-state index in [9.17, 15) is 0 Å². The van der Waals surface area contributed by atoms with E-state index in [-0.39, 0.29) is 0 Å². The molecular formula is C12H22N4. The average Bonchev–Trinajstić information content (AvgIpc) is 2.29. The molecule has 0 saturated carbocycles. The SMILES string of the molecule is CCN(C)CCN(C)Cc1ccc(N)cn1. The number of rotatable bonds is 6. The third-order valence-corrected chi connectivity index (χ3v) is 2.68. The first-order chi connectivity index (χ1) is 7.61. The van der Waals surface area contributed by atoms with Crippen LogP contribution in [0.25, 0.3) is 0 Å². The number of anilines is 1. The minimum atomic E-state index is 0.720. The summed E-state index contributed by atoms with van der Waals surface area (Å²) in [5.74, 6) is 0. The van der Waals surface area contributed by atoms with Crippen molar-refractivity contribution < 1.29 is 0 Å². The summed E-state index contributed by atoms with van der Waals surface area (Å²) in [5.41, 5.74) is 7.38. The molecule has 0 bridgehead atoms. The van der Waals surface area contributed by atoms with Gasteiger partial charge in [0, 0.05) is 19.6 Å². The van der Waals surface area contributed by atoms with Crippen LogP contribution < -0.4 is 5.73 Å². The third-order valence-electron chi connectivity index (χ3n) is 2.68. The fourth-order valence-electron chi connectivity index (χ4n) is 1.38. The standard InChI is InChI=1S/C12H22N4/c1-4-15(2)7-8-16(3)10-12-6-5-11(13)9-14-12/h5-6,9H,4,7-8,10,13H2,1-3H3. The van der Waals surface area contributed by atoms with Crippen LogP contribution in [0.1, 0.15) is 12.6 Å². The maximum Gasteiger partial charge on any atom is 0.0545 e. The minimum Gasteiger partial charge on any atom is -0.397 e. The number of pyridine rings is 1. The van der Waals surface area contributed by atoms with Crippen LogP contribution in [-0.4, -0.2) is 48.5 Å². The number of nitrogens with two attached hydrogens (primary N) is 1. The second-order valence-electron chi connectivity index (χ2n) is 4.22. The lowest BCUT2D eigenvalue weighted by molar-refractivity contribution is 0.256. The molecule has 0 aliphatic heterocycles. The van der Waals surface area contributed by atoms with Gasteiger partial charge in [0.05, 0.1) is 17.6 Å². The summed E-state index contributed by atoms with van der Waals surface area (Å²) in [6.07, 6.45) is 1.71. The fraction of sp³-hybridized carbons (Fsp3) is 0.583. The lowest BCUT2D eigenvalue weighted by Gasteiger charge is -2.20. The summed E-state index contributed by atoms with van der Waals surface area (Å²) in [4.78, 5) is 8.85. The second-order valence-corrected chi connectivity index (χ2v) is 4.22. The van der Waals surface area contributed by atoms with Crippen LogP contribution in [0.15, 0.2) is 18.3 Å². The lowest BCUT2D eigenvalue weighted by atomic mass is 10.3. The largest absolute Gasteiger partial charge is 0.397 e. The molecule has 0 atom stereocenters. The van der Waals surface area contributed by atoms with Gasteiger partial charge >= 0.3 is 0 Å². The van der Waals surface area contributed by atoms with Gasteiger partial charge in [-0.1, -0.05) is 6.92 Å². The molecule has 90 valence electrons. The summed E-state index contributed by atoms with van der Waals surface area (Å²) in [6, 6.07) is 3.88. The van der Waals surface area contributed by atoms with Gasteiger partial charge in [-0.05, 0) is 32.8 Å². The first kappa shape index (κ1) is 12.9. The van der Waals surface area contributed by atoms with E-state index in [0.29, 0.717) is 0 Å². The molecular weight excluding hydrogens is 200 g/mol. The number of hydrogen-bond acceptors (Lipinski definition) is 4. The first-order valence-electron chi connectivity index (χ1n) is 5.69. The topological polar surface area (TPSA) is 45.4 Å². The van der Waals surface area contributed by atoms with Crippen molar-refractivity contribution in [2.75, 3.05) is 39.5 Å². The lowest BCUT2D eigenvalue weighted by Crippen LogP contribution is -2.30. The van der Waals surface area contributed by atoms with E-state index in [2.05, 4.69) is 35.8 Å². The monoisotopic (exact) mass is 222 g/mol. The number of nitrogens with zero attached hydrogens (tertiary/aromatic N) is 3. The van der Waals surface area contributed by atoms with E-state index < -0.39 is 0 Å². The molecule has 0 saturated heterocycles. The van der Waals surface area contributed by atoms with Crippen LogP contribution in [0, 0.1) is 0 Å². The third kappa shape index (κ3) is 4.59. The highest BCUT2D eigenvalue weighted by molar-refractivity contribution is 5.34. The van der Waals surface area contributed by atoms with Gasteiger partial charge in [-0.25, -0.2) is 0 Å². The van der Waals surface area contributed by atoms with Gasteiger partial charge in [0.2, 0.25) is 0 Å². The summed E-state index contributed by atoms with van der Waals surface area (Å²) in [7, 11) is 4.25. The highest BCUT2D eigenvalue weighted by Gasteiger charge is 2.02. The Morgan fingerprint density at radius 1 is 1.19 bits per heavy atom. The molecule has 4 heteroatoms. The van der Waals surface area contributed by atoms with Gasteiger partial charge in [-0.3, -0.25) is 9.88 Å². The predicted molar refractivity (Wildman–Crippen MR) is 68.2 cm³/mol. The molecule has 0 unspecified atom stereocenters. The van der Waals surface area contributed by atoms with Gasteiger partial charge in [0.1, 0.15) is 0 Å². The van der Waals surface area contributed by atoms with Crippen molar-refractivity contribution in [3.63, 3.8) is 0 Å². The van der Waals surface area contributed by atoms with Crippen molar-refractivity contribution in [1.29, 1.82) is 0 Å². The molecule has 0 aromatic carbocycles. The van der Waals surface area contributed by atoms with Crippen LogP contribution in [0.3, 0.4) is 0 Å². The maximum absolute atomic E-state index is 5.59. The molecule has 0 radical (unpaired) electrons. The summed E-state index contributed by atoms with van der Waals surface area (Å²) >= 11 is 0. The highest BCUT2D eigenvalue weighted by atomic mass is 15.2. The van der Waals surface area contributed by atoms with Crippen LogP contribution >= 0.6 is 0 Å². The minimum absolute atomic E-state index is 0.720. The van der Waals surface area contributed by atoms with Crippen molar-refractivity contribution >= 4 is 5.69 Å². The van der Waals surface area contributed by atoms with E-state index in [0.717, 1.165) is 37.6 Å². The van der Waals surface area contributed by atoms with Gasteiger partial charge < -0.3 is 10.6 Å². The number of likely N-dealkylation sites (N-methyl/N-ethyl adjacent to an activating group) is 2. The molecule has 1 aromatic heterocycles. The Balaban J connectivity index is 2.33. The quantitative estimate of drug-likeness (QED) is 0.781. The molecule has 16 heavy (non-hydrogen) atoms. The normalized spacial score (nSPS) is 11.3. The van der Waals surface area contributed by atoms with Gasteiger partial charge in [-0.2, -0.15) is 0 Å². The highest BCUT2D eigenvalue weighted by Crippen LogP contribution is 2.03. The van der Waals surface area contributed by atoms with Crippen LogP contribution in [0.5, 0.6) is 0 Å². The zero-order valence-corrected chi connectivity index (χ0v) is 10.5. The van der Waals surface area contributed by atoms with Gasteiger partial charge in [-0.15, -0.1) is 0 Å². The maximum atomic E-state index is 5.59. The molecule has 1 rings (SSSR count). The van der Waals surface area contributed by atoms with E-state index in [1.165, 1.54) is 0 Å². The number of nitrogen functional groups attached to an aromatic ring is 1. The average molecular weight is 222 g/mol. The fourth-order valence-corrected chi connectivity index (χ4v) is 1.38. The Hall–Kier alpha value is -1.13. The van der Waals surface area contributed by atoms with Crippen molar-refractivity contribution in [1.82, 2.24) is 14.8 Å². The molecule has 2 N–H and O–H groups in total. The smallest absolute Gasteiger partial charge is 0.0545 e. The predicted octanol–water partition coefficient (Wildman–Crippen LogP) is 1.05. The van der Waals surface area contributed by atoms with Crippen molar-refractivity contribution in [2.24, 2.45) is 0 Å². The second kappa shape index (κ2) is 6.45. The van der Waals surface area contributed by atoms with Crippen LogP contribution in [0.2, 0.25) is 0 Å². The molecule has 0 amide bonds.